The summed E-state index contributed by atoms with van der Waals surface area (Å²) >= 11 is 0. The van der Waals surface area contributed by atoms with Crippen LogP contribution < -0.4 is 0 Å². The number of carbonyl (C=O) groups is 2. The van der Waals surface area contributed by atoms with Crippen LogP contribution in [0.2, 0.25) is 0 Å². The highest BCUT2D eigenvalue weighted by atomic mass is 16.5. The Labute approximate surface area is 105 Å². The molecule has 0 heterocycles. The van der Waals surface area contributed by atoms with Gasteiger partial charge in [0.1, 0.15) is 0 Å². The molecule has 0 amide bonds. The Balaban J connectivity index is 2.44. The Morgan fingerprint density at radius 1 is 0.722 bits per heavy atom. The highest BCUT2D eigenvalue weighted by Crippen LogP contribution is 2.22. The number of ether oxygens (including phenoxy) is 2. The van der Waals surface area contributed by atoms with Crippen LogP contribution in [0.4, 0.5) is 0 Å². The molecule has 92 valence electrons. The van der Waals surface area contributed by atoms with Crippen molar-refractivity contribution < 1.29 is 19.1 Å². The van der Waals surface area contributed by atoms with Crippen LogP contribution in [0.15, 0.2) is 59.1 Å². The van der Waals surface area contributed by atoms with E-state index in [0.29, 0.717) is 0 Å². The van der Waals surface area contributed by atoms with Gasteiger partial charge in [-0.2, -0.15) is 0 Å². The molecular weight excluding hydrogens is 232 g/mol. The number of allylic oxidation sites excluding steroid dienone is 8. The Morgan fingerprint density at radius 2 is 1.11 bits per heavy atom. The molecule has 2 aliphatic rings. The van der Waals surface area contributed by atoms with Crippen LogP contribution in [0.5, 0.6) is 0 Å². The first kappa shape index (κ1) is 12.1. The van der Waals surface area contributed by atoms with Gasteiger partial charge in [0.25, 0.3) is 0 Å². The fourth-order valence-electron chi connectivity index (χ4n) is 1.69. The molecule has 4 heteroatoms. The first-order chi connectivity index (χ1) is 8.65. The molecule has 2 aliphatic carbocycles. The van der Waals surface area contributed by atoms with Gasteiger partial charge in [-0.1, -0.05) is 12.2 Å². The van der Waals surface area contributed by atoms with Gasteiger partial charge in [0.15, 0.2) is 11.5 Å². The van der Waals surface area contributed by atoms with Crippen LogP contribution in [-0.4, -0.2) is 25.8 Å². The normalized spacial score (nSPS) is 22.8. The number of rotatable bonds is 2. The summed E-state index contributed by atoms with van der Waals surface area (Å²) in [5, 5.41) is 0. The monoisotopic (exact) mass is 244 g/mol. The van der Waals surface area contributed by atoms with Crippen LogP contribution in [0.25, 0.3) is 0 Å². The van der Waals surface area contributed by atoms with Gasteiger partial charge >= 0.3 is 0 Å². The molecule has 2 rings (SSSR count). The van der Waals surface area contributed by atoms with E-state index in [1.165, 1.54) is 26.4 Å². The van der Waals surface area contributed by atoms with Gasteiger partial charge < -0.3 is 9.47 Å². The van der Waals surface area contributed by atoms with Gasteiger partial charge in [0.05, 0.1) is 14.2 Å². The smallest absolute Gasteiger partial charge is 0.220 e. The van der Waals surface area contributed by atoms with Crippen molar-refractivity contribution in [2.75, 3.05) is 14.2 Å². The van der Waals surface area contributed by atoms with E-state index in [1.807, 2.05) is 0 Å². The van der Waals surface area contributed by atoms with Gasteiger partial charge in [0.2, 0.25) is 11.6 Å². The van der Waals surface area contributed by atoms with Crippen molar-refractivity contribution in [2.24, 2.45) is 0 Å². The highest BCUT2D eigenvalue weighted by Gasteiger charge is 2.16. The molecular formula is C14H12O4. The molecule has 0 aromatic heterocycles. The third-order valence-electron chi connectivity index (χ3n) is 2.66. The van der Waals surface area contributed by atoms with Crippen LogP contribution in [-0.2, 0) is 19.1 Å². The fraction of sp³-hybridized carbons (Fsp3) is 0.143. The zero-order valence-corrected chi connectivity index (χ0v) is 10.1. The second-order valence-corrected chi connectivity index (χ2v) is 3.73. The molecule has 0 aromatic rings. The topological polar surface area (TPSA) is 52.6 Å². The maximum absolute atomic E-state index is 11.4. The van der Waals surface area contributed by atoms with Crippen LogP contribution >= 0.6 is 0 Å². The SMILES string of the molecule is COC1=C/C(=C2/C=CC(=O)C(OC)=C2)C=CC1=O. The molecule has 0 saturated carbocycles. The molecule has 0 aliphatic heterocycles. The summed E-state index contributed by atoms with van der Waals surface area (Å²) in [6.45, 7) is 0. The van der Waals surface area contributed by atoms with Crippen LogP contribution in [0.3, 0.4) is 0 Å². The molecule has 0 aromatic carbocycles. The largest absolute Gasteiger partial charge is 0.493 e. The number of methoxy groups -OCH3 is 2. The first-order valence-electron chi connectivity index (χ1n) is 5.36. The van der Waals surface area contributed by atoms with Gasteiger partial charge in [-0.3, -0.25) is 9.59 Å². The van der Waals surface area contributed by atoms with Crippen molar-refractivity contribution in [3.8, 4) is 0 Å². The Bertz CT molecular complexity index is 506. The van der Waals surface area contributed by atoms with E-state index in [-0.39, 0.29) is 23.1 Å². The summed E-state index contributed by atoms with van der Waals surface area (Å²) < 4.78 is 9.96. The fourth-order valence-corrected chi connectivity index (χ4v) is 1.69. The maximum Gasteiger partial charge on any atom is 0.220 e. The first-order valence-corrected chi connectivity index (χ1v) is 5.36. The standard InChI is InChI=1S/C14H12O4/c1-17-13-7-9(3-5-11(13)15)10-4-6-12(16)14(8-10)18-2/h3-8H,1-2H3/b10-9-. The highest BCUT2D eigenvalue weighted by molar-refractivity contribution is 6.06. The Kier molecular flexibility index (Phi) is 3.28. The summed E-state index contributed by atoms with van der Waals surface area (Å²) in [6, 6.07) is 0. The summed E-state index contributed by atoms with van der Waals surface area (Å²) in [4.78, 5) is 22.8. The van der Waals surface area contributed by atoms with E-state index in [0.717, 1.165) is 11.1 Å². The Morgan fingerprint density at radius 3 is 1.44 bits per heavy atom. The van der Waals surface area contributed by atoms with E-state index < -0.39 is 0 Å². The van der Waals surface area contributed by atoms with Crippen LogP contribution in [0.1, 0.15) is 0 Å². The number of hydrogen-bond acceptors (Lipinski definition) is 4. The molecule has 0 bridgehead atoms. The zero-order chi connectivity index (χ0) is 13.1. The lowest BCUT2D eigenvalue weighted by atomic mass is 9.97. The molecule has 4 nitrogen and oxygen atoms in total. The third-order valence-corrected chi connectivity index (χ3v) is 2.66. The lowest BCUT2D eigenvalue weighted by Crippen LogP contribution is -2.08. The molecule has 18 heavy (non-hydrogen) atoms. The minimum absolute atomic E-state index is 0.173. The Hall–Kier alpha value is -2.36. The maximum atomic E-state index is 11.4. The van der Waals surface area contributed by atoms with Crippen molar-refractivity contribution in [3.63, 3.8) is 0 Å². The summed E-state index contributed by atoms with van der Waals surface area (Å²) in [7, 11) is 2.89. The van der Waals surface area contributed by atoms with E-state index in [1.54, 1.807) is 24.3 Å². The predicted octanol–water partition coefficient (Wildman–Crippen LogP) is 1.62. The van der Waals surface area contributed by atoms with E-state index in [9.17, 15) is 9.59 Å². The summed E-state index contributed by atoms with van der Waals surface area (Å²) in [6.07, 6.45) is 9.52. The quantitative estimate of drug-likeness (QED) is 0.740. The molecule has 0 fully saturated rings. The van der Waals surface area contributed by atoms with Crippen molar-refractivity contribution >= 4 is 11.6 Å². The van der Waals surface area contributed by atoms with Gasteiger partial charge in [-0.05, 0) is 35.5 Å². The van der Waals surface area contributed by atoms with Gasteiger partial charge in [-0.15, -0.1) is 0 Å². The molecule has 0 spiro atoms. The minimum Gasteiger partial charge on any atom is -0.493 e. The van der Waals surface area contributed by atoms with Crippen molar-refractivity contribution in [2.45, 2.75) is 0 Å². The van der Waals surface area contributed by atoms with Crippen molar-refractivity contribution in [1.82, 2.24) is 0 Å². The van der Waals surface area contributed by atoms with Gasteiger partial charge in [-0.25, -0.2) is 0 Å². The molecule has 0 atom stereocenters. The molecule has 0 N–H and O–H groups in total. The number of ketones is 2. The van der Waals surface area contributed by atoms with E-state index >= 15 is 0 Å². The van der Waals surface area contributed by atoms with Crippen molar-refractivity contribution in [1.29, 1.82) is 0 Å². The van der Waals surface area contributed by atoms with Crippen LogP contribution in [0, 0.1) is 0 Å². The zero-order valence-electron chi connectivity index (χ0n) is 10.1. The third kappa shape index (κ3) is 2.18. The average molecular weight is 244 g/mol. The molecule has 0 radical (unpaired) electrons. The lowest BCUT2D eigenvalue weighted by molar-refractivity contribution is -0.114. The molecule has 0 unspecified atom stereocenters. The lowest BCUT2D eigenvalue weighted by Gasteiger charge is -2.12. The van der Waals surface area contributed by atoms with E-state index in [4.69, 9.17) is 9.47 Å². The average Bonchev–Trinajstić information content (AvgIpc) is 2.40. The number of carbonyl (C=O) groups excluding carboxylic acids is 2. The van der Waals surface area contributed by atoms with Crippen molar-refractivity contribution in [3.05, 3.63) is 59.1 Å². The second kappa shape index (κ2) is 4.87. The summed E-state index contributed by atoms with van der Waals surface area (Å²) in [5.74, 6) is 0.206. The predicted molar refractivity (Wildman–Crippen MR) is 65.5 cm³/mol. The summed E-state index contributed by atoms with van der Waals surface area (Å²) in [5.41, 5.74) is 1.59. The van der Waals surface area contributed by atoms with Gasteiger partial charge in [0, 0.05) is 0 Å². The number of hydrogen-bond donors (Lipinski definition) is 0. The molecule has 0 saturated heterocycles. The second-order valence-electron chi connectivity index (χ2n) is 3.73. The van der Waals surface area contributed by atoms with E-state index in [2.05, 4.69) is 0 Å². The minimum atomic E-state index is -0.173.